The van der Waals surface area contributed by atoms with E-state index in [1.807, 2.05) is 0 Å². The van der Waals surface area contributed by atoms with E-state index in [2.05, 4.69) is 4.90 Å². The highest BCUT2D eigenvalue weighted by molar-refractivity contribution is 5.67. The van der Waals surface area contributed by atoms with Crippen LogP contribution >= 0.6 is 0 Å². The normalized spacial score (nSPS) is 20.1. The number of phenols is 2. The number of hydrogen-bond donors (Lipinski definition) is 3. The highest BCUT2D eigenvalue weighted by Crippen LogP contribution is 2.28. The number of rotatable bonds is 4. The molecule has 5 heteroatoms. The first-order chi connectivity index (χ1) is 8.56. The van der Waals surface area contributed by atoms with E-state index in [0.717, 1.165) is 19.4 Å². The number of likely N-dealkylation sites (tertiary alicyclic amines) is 1. The number of phenolic OH excluding ortho intramolecular Hbond substituents is 2. The maximum atomic E-state index is 10.8. The molecule has 1 aliphatic rings. The van der Waals surface area contributed by atoms with Crippen LogP contribution in [0.25, 0.3) is 0 Å². The summed E-state index contributed by atoms with van der Waals surface area (Å²) in [6, 6.07) is 4.53. The lowest BCUT2D eigenvalue weighted by Gasteiger charge is -2.23. The highest BCUT2D eigenvalue weighted by atomic mass is 16.4. The zero-order valence-corrected chi connectivity index (χ0v) is 10.0. The molecular formula is C13H17NO4. The Hall–Kier alpha value is -1.75. The minimum absolute atomic E-state index is 0.0276. The minimum atomic E-state index is -0.790. The third-order valence-electron chi connectivity index (χ3n) is 3.35. The quantitative estimate of drug-likeness (QED) is 0.756. The summed E-state index contributed by atoms with van der Waals surface area (Å²) >= 11 is 0. The van der Waals surface area contributed by atoms with Gasteiger partial charge in [-0.25, -0.2) is 0 Å². The molecule has 1 atom stereocenters. The Kier molecular flexibility index (Phi) is 3.72. The smallest absolute Gasteiger partial charge is 0.304 e. The van der Waals surface area contributed by atoms with Gasteiger partial charge in [-0.05, 0) is 25.5 Å². The summed E-state index contributed by atoms with van der Waals surface area (Å²) in [6.45, 7) is 1.36. The summed E-state index contributed by atoms with van der Waals surface area (Å²) in [5.41, 5.74) is 0.713. The molecular weight excluding hydrogens is 234 g/mol. The highest BCUT2D eigenvalue weighted by Gasteiger charge is 2.27. The third-order valence-corrected chi connectivity index (χ3v) is 3.35. The van der Waals surface area contributed by atoms with Crippen LogP contribution in [-0.4, -0.2) is 38.8 Å². The van der Waals surface area contributed by atoms with Gasteiger partial charge < -0.3 is 15.3 Å². The van der Waals surface area contributed by atoms with E-state index in [4.69, 9.17) is 5.11 Å². The van der Waals surface area contributed by atoms with Crippen molar-refractivity contribution >= 4 is 5.97 Å². The molecule has 0 spiro atoms. The Morgan fingerprint density at radius 3 is 2.83 bits per heavy atom. The zero-order valence-electron chi connectivity index (χ0n) is 10.0. The number of carbonyl (C=O) groups is 1. The molecule has 98 valence electrons. The Balaban J connectivity index is 2.05. The lowest BCUT2D eigenvalue weighted by molar-refractivity contribution is -0.138. The fourth-order valence-corrected chi connectivity index (χ4v) is 2.44. The van der Waals surface area contributed by atoms with Crippen molar-refractivity contribution in [2.45, 2.75) is 31.8 Å². The van der Waals surface area contributed by atoms with Crippen LogP contribution in [0.5, 0.6) is 11.5 Å². The topological polar surface area (TPSA) is 81.0 Å². The fraction of sp³-hybridized carbons (Fsp3) is 0.462. The Morgan fingerprint density at radius 2 is 2.17 bits per heavy atom. The van der Waals surface area contributed by atoms with Crippen LogP contribution in [0.15, 0.2) is 18.2 Å². The molecule has 2 rings (SSSR count). The predicted molar refractivity (Wildman–Crippen MR) is 65.5 cm³/mol. The van der Waals surface area contributed by atoms with Crippen molar-refractivity contribution in [1.29, 1.82) is 0 Å². The van der Waals surface area contributed by atoms with Crippen molar-refractivity contribution in [2.75, 3.05) is 6.54 Å². The number of carboxylic acid groups (broad SMARTS) is 1. The minimum Gasteiger partial charge on any atom is -0.508 e. The molecule has 18 heavy (non-hydrogen) atoms. The summed E-state index contributed by atoms with van der Waals surface area (Å²) in [5.74, 6) is -0.711. The van der Waals surface area contributed by atoms with Gasteiger partial charge in [0.15, 0.2) is 0 Å². The zero-order chi connectivity index (χ0) is 13.1. The molecule has 1 saturated heterocycles. The van der Waals surface area contributed by atoms with Gasteiger partial charge in [-0.3, -0.25) is 9.69 Å². The van der Waals surface area contributed by atoms with Gasteiger partial charge in [-0.15, -0.1) is 0 Å². The molecule has 3 N–H and O–H groups in total. The second kappa shape index (κ2) is 5.27. The molecule has 0 bridgehead atoms. The molecule has 1 aromatic rings. The van der Waals surface area contributed by atoms with Crippen molar-refractivity contribution in [3.8, 4) is 11.5 Å². The predicted octanol–water partition coefficient (Wildman–Crippen LogP) is 1.54. The number of hydrogen-bond acceptors (Lipinski definition) is 4. The largest absolute Gasteiger partial charge is 0.508 e. The molecule has 0 saturated carbocycles. The van der Waals surface area contributed by atoms with Crippen LogP contribution in [0.3, 0.4) is 0 Å². The van der Waals surface area contributed by atoms with Crippen molar-refractivity contribution in [3.63, 3.8) is 0 Å². The van der Waals surface area contributed by atoms with Crippen LogP contribution in [0.4, 0.5) is 0 Å². The van der Waals surface area contributed by atoms with Crippen LogP contribution < -0.4 is 0 Å². The molecule has 0 radical (unpaired) electrons. The number of nitrogens with zero attached hydrogens (tertiary/aromatic N) is 1. The van der Waals surface area contributed by atoms with E-state index in [1.165, 1.54) is 12.1 Å². The van der Waals surface area contributed by atoms with Crippen molar-refractivity contribution in [1.82, 2.24) is 4.90 Å². The molecule has 0 aliphatic carbocycles. The Bertz CT molecular complexity index is 447. The second-order valence-electron chi connectivity index (χ2n) is 4.68. The van der Waals surface area contributed by atoms with Gasteiger partial charge in [0.05, 0.1) is 6.42 Å². The number of benzene rings is 1. The first kappa shape index (κ1) is 12.7. The standard InChI is InChI=1S/C13H17NO4/c15-11-4-3-9(12(16)7-11)8-14-5-1-2-10(14)6-13(17)18/h3-4,7,10,15-16H,1-2,5-6,8H2,(H,17,18). The summed E-state index contributed by atoms with van der Waals surface area (Å²) in [7, 11) is 0. The maximum absolute atomic E-state index is 10.8. The van der Waals surface area contributed by atoms with Crippen LogP contribution in [0.2, 0.25) is 0 Å². The third kappa shape index (κ3) is 2.92. The van der Waals surface area contributed by atoms with E-state index in [-0.39, 0.29) is 24.0 Å². The molecule has 1 heterocycles. The average molecular weight is 251 g/mol. The van der Waals surface area contributed by atoms with Gasteiger partial charge >= 0.3 is 5.97 Å². The monoisotopic (exact) mass is 251 g/mol. The lowest BCUT2D eigenvalue weighted by atomic mass is 10.1. The van der Waals surface area contributed by atoms with Gasteiger partial charge in [0.2, 0.25) is 0 Å². The van der Waals surface area contributed by atoms with E-state index in [9.17, 15) is 15.0 Å². The summed E-state index contributed by atoms with van der Waals surface area (Å²) in [5, 5.41) is 27.8. The van der Waals surface area contributed by atoms with Crippen LogP contribution in [0, 0.1) is 0 Å². The molecule has 1 fully saturated rings. The summed E-state index contributed by atoms with van der Waals surface area (Å²) in [4.78, 5) is 12.8. The molecule has 5 nitrogen and oxygen atoms in total. The summed E-state index contributed by atoms with van der Waals surface area (Å²) < 4.78 is 0. The van der Waals surface area contributed by atoms with E-state index >= 15 is 0 Å². The van der Waals surface area contributed by atoms with Crippen LogP contribution in [-0.2, 0) is 11.3 Å². The molecule has 0 amide bonds. The van der Waals surface area contributed by atoms with Gasteiger partial charge in [-0.1, -0.05) is 6.07 Å². The van der Waals surface area contributed by atoms with Gasteiger partial charge in [0.1, 0.15) is 11.5 Å². The molecule has 0 aromatic heterocycles. The van der Waals surface area contributed by atoms with Gasteiger partial charge in [-0.2, -0.15) is 0 Å². The summed E-state index contributed by atoms with van der Waals surface area (Å²) in [6.07, 6.45) is 2.00. The SMILES string of the molecule is O=C(O)CC1CCCN1Cc1ccc(O)cc1O. The first-order valence-electron chi connectivity index (χ1n) is 6.03. The Morgan fingerprint density at radius 1 is 1.39 bits per heavy atom. The van der Waals surface area contributed by atoms with E-state index < -0.39 is 5.97 Å². The second-order valence-corrected chi connectivity index (χ2v) is 4.68. The van der Waals surface area contributed by atoms with Gasteiger partial charge in [0, 0.05) is 24.2 Å². The van der Waals surface area contributed by atoms with Crippen molar-refractivity contribution < 1.29 is 20.1 Å². The number of aromatic hydroxyl groups is 2. The number of aliphatic carboxylic acids is 1. The van der Waals surface area contributed by atoms with Crippen LogP contribution in [0.1, 0.15) is 24.8 Å². The van der Waals surface area contributed by atoms with Crippen molar-refractivity contribution in [3.05, 3.63) is 23.8 Å². The number of carboxylic acids is 1. The lowest BCUT2D eigenvalue weighted by Crippen LogP contribution is -2.30. The molecule has 1 aromatic carbocycles. The maximum Gasteiger partial charge on any atom is 0.304 e. The molecule has 1 aliphatic heterocycles. The first-order valence-corrected chi connectivity index (χ1v) is 6.03. The fourth-order valence-electron chi connectivity index (χ4n) is 2.44. The van der Waals surface area contributed by atoms with Crippen molar-refractivity contribution in [2.24, 2.45) is 0 Å². The van der Waals surface area contributed by atoms with E-state index in [1.54, 1.807) is 6.07 Å². The van der Waals surface area contributed by atoms with E-state index in [0.29, 0.717) is 12.1 Å². The Labute approximate surface area is 105 Å². The molecule has 1 unspecified atom stereocenters. The van der Waals surface area contributed by atoms with Gasteiger partial charge in [0.25, 0.3) is 0 Å². The average Bonchev–Trinajstić information content (AvgIpc) is 2.69.